The van der Waals surface area contributed by atoms with Gasteiger partial charge in [0.1, 0.15) is 11.5 Å². The number of benzene rings is 1. The van der Waals surface area contributed by atoms with E-state index in [1.54, 1.807) is 24.4 Å². The topological polar surface area (TPSA) is 51.6 Å². The number of hydrogen-bond donors (Lipinski definition) is 1. The van der Waals surface area contributed by atoms with Gasteiger partial charge in [-0.3, -0.25) is 4.98 Å². The van der Waals surface area contributed by atoms with E-state index in [9.17, 15) is 5.11 Å². The number of halogens is 1. The number of rotatable bonds is 2. The zero-order chi connectivity index (χ0) is 16.1. The van der Waals surface area contributed by atoms with Crippen LogP contribution in [0, 0.1) is 11.8 Å². The summed E-state index contributed by atoms with van der Waals surface area (Å²) in [6, 6.07) is 8.82. The van der Waals surface area contributed by atoms with Crippen molar-refractivity contribution >= 4 is 11.6 Å². The highest BCUT2D eigenvalue weighted by Crippen LogP contribution is 2.28. The Balaban J connectivity index is 1.86. The van der Waals surface area contributed by atoms with Crippen LogP contribution >= 0.6 is 11.6 Å². The summed E-state index contributed by atoms with van der Waals surface area (Å²) in [5, 5.41) is 10.1. The highest BCUT2D eigenvalue weighted by molar-refractivity contribution is 6.30. The maximum Gasteiger partial charge on any atom is 0.173 e. The van der Waals surface area contributed by atoms with Crippen molar-refractivity contribution in [3.8, 4) is 23.3 Å². The van der Waals surface area contributed by atoms with Gasteiger partial charge in [-0.1, -0.05) is 17.5 Å². The highest BCUT2D eigenvalue weighted by atomic mass is 35.5. The van der Waals surface area contributed by atoms with E-state index >= 15 is 0 Å². The van der Waals surface area contributed by atoms with Gasteiger partial charge in [0.2, 0.25) is 0 Å². The highest BCUT2D eigenvalue weighted by Gasteiger charge is 2.33. The van der Waals surface area contributed by atoms with Gasteiger partial charge < -0.3 is 14.6 Å². The summed E-state index contributed by atoms with van der Waals surface area (Å²) in [5.41, 5.74) is 0.0351. The third-order valence-corrected chi connectivity index (χ3v) is 3.84. The van der Waals surface area contributed by atoms with Crippen LogP contribution in [-0.2, 0) is 4.74 Å². The normalized spacial score (nSPS) is 16.2. The van der Waals surface area contributed by atoms with Gasteiger partial charge in [-0.2, -0.15) is 0 Å². The van der Waals surface area contributed by atoms with E-state index in [1.165, 1.54) is 6.20 Å². The second-order valence-corrected chi connectivity index (χ2v) is 5.78. The lowest BCUT2D eigenvalue weighted by molar-refractivity contribution is -0.0112. The first-order chi connectivity index (χ1) is 11.2. The fourth-order valence-electron chi connectivity index (χ4n) is 2.36. The summed E-state index contributed by atoms with van der Waals surface area (Å²) in [6.07, 6.45) is 4.34. The molecule has 1 N–H and O–H groups in total. The second kappa shape index (κ2) is 6.91. The summed E-state index contributed by atoms with van der Waals surface area (Å²) in [6.45, 7) is 1.20. The smallest absolute Gasteiger partial charge is 0.173 e. The molecule has 1 fully saturated rings. The summed E-state index contributed by atoms with van der Waals surface area (Å²) in [5.74, 6) is 7.07. The molecule has 2 aromatic rings. The molecular formula is C18H16ClNO3. The zero-order valence-electron chi connectivity index (χ0n) is 12.5. The van der Waals surface area contributed by atoms with E-state index in [4.69, 9.17) is 21.1 Å². The lowest BCUT2D eigenvalue weighted by atomic mass is 9.94. The lowest BCUT2D eigenvalue weighted by Crippen LogP contribution is -2.40. The molecule has 0 aliphatic carbocycles. The molecule has 0 atom stereocenters. The molecule has 0 saturated carbocycles. The summed E-state index contributed by atoms with van der Waals surface area (Å²) in [7, 11) is 0. The molecule has 1 aliphatic rings. The molecule has 1 aromatic carbocycles. The molecule has 0 amide bonds. The Morgan fingerprint density at radius 2 is 1.91 bits per heavy atom. The van der Waals surface area contributed by atoms with Gasteiger partial charge in [-0.15, -0.1) is 0 Å². The number of nitrogens with zero attached hydrogens (tertiary/aromatic N) is 1. The molecule has 4 nitrogen and oxygen atoms in total. The molecule has 1 aromatic heterocycles. The van der Waals surface area contributed by atoms with Crippen molar-refractivity contribution < 1.29 is 14.6 Å². The van der Waals surface area contributed by atoms with Gasteiger partial charge in [0.05, 0.1) is 19.4 Å². The maximum atomic E-state index is 9.48. The minimum Gasteiger partial charge on any atom is -0.506 e. The van der Waals surface area contributed by atoms with Crippen LogP contribution in [0.2, 0.25) is 5.02 Å². The van der Waals surface area contributed by atoms with Gasteiger partial charge in [0, 0.05) is 29.6 Å². The molecule has 1 aliphatic heterocycles. The second-order valence-electron chi connectivity index (χ2n) is 5.34. The van der Waals surface area contributed by atoms with Crippen LogP contribution < -0.4 is 4.74 Å². The SMILES string of the molecule is Oc1cncc(C#CC2(Oc3ccc(Cl)cc3)CCOCC2)c1. The predicted octanol–water partition coefficient (Wildman–Crippen LogP) is 3.42. The maximum absolute atomic E-state index is 9.48. The van der Waals surface area contributed by atoms with Gasteiger partial charge in [-0.25, -0.2) is 0 Å². The molecule has 3 rings (SSSR count). The molecule has 0 bridgehead atoms. The van der Waals surface area contributed by atoms with Crippen molar-refractivity contribution in [1.29, 1.82) is 0 Å². The Bertz CT molecular complexity index is 728. The average molecular weight is 330 g/mol. The average Bonchev–Trinajstić information content (AvgIpc) is 2.56. The molecule has 118 valence electrons. The van der Waals surface area contributed by atoms with Crippen LogP contribution in [0.1, 0.15) is 18.4 Å². The van der Waals surface area contributed by atoms with Crippen LogP contribution in [0.3, 0.4) is 0 Å². The fraction of sp³-hybridized carbons (Fsp3) is 0.278. The standard InChI is InChI=1S/C18H16ClNO3/c19-15-1-3-17(4-2-15)23-18(7-9-22-10-8-18)6-5-14-11-16(21)13-20-12-14/h1-4,11-13,21H,7-10H2. The minimum absolute atomic E-state index is 0.0939. The van der Waals surface area contributed by atoms with E-state index in [2.05, 4.69) is 16.8 Å². The van der Waals surface area contributed by atoms with Gasteiger partial charge in [-0.05, 0) is 36.3 Å². The molecule has 23 heavy (non-hydrogen) atoms. The first-order valence-corrected chi connectivity index (χ1v) is 7.73. The number of ether oxygens (including phenoxy) is 2. The van der Waals surface area contributed by atoms with Crippen LogP contribution in [0.25, 0.3) is 0 Å². The van der Waals surface area contributed by atoms with E-state index < -0.39 is 5.60 Å². The number of aromatic hydroxyl groups is 1. The molecule has 0 spiro atoms. The minimum atomic E-state index is -0.614. The van der Waals surface area contributed by atoms with Crippen molar-refractivity contribution in [3.63, 3.8) is 0 Å². The Labute approximate surface area is 140 Å². The Hall–Kier alpha value is -2.22. The van der Waals surface area contributed by atoms with Crippen LogP contribution in [-0.4, -0.2) is 28.9 Å². The van der Waals surface area contributed by atoms with Crippen LogP contribution in [0.4, 0.5) is 0 Å². The van der Waals surface area contributed by atoms with E-state index in [0.29, 0.717) is 36.6 Å². The molecule has 1 saturated heterocycles. The molecular weight excluding hydrogens is 314 g/mol. The van der Waals surface area contributed by atoms with Crippen molar-refractivity contribution in [3.05, 3.63) is 53.3 Å². The van der Waals surface area contributed by atoms with Crippen molar-refractivity contribution in [2.24, 2.45) is 0 Å². The van der Waals surface area contributed by atoms with Crippen LogP contribution in [0.5, 0.6) is 11.5 Å². The molecule has 0 radical (unpaired) electrons. The Kier molecular flexibility index (Phi) is 4.71. The Morgan fingerprint density at radius 3 is 2.61 bits per heavy atom. The number of hydrogen-bond acceptors (Lipinski definition) is 4. The van der Waals surface area contributed by atoms with Crippen molar-refractivity contribution in [2.45, 2.75) is 18.4 Å². The Morgan fingerprint density at radius 1 is 1.17 bits per heavy atom. The molecule has 5 heteroatoms. The zero-order valence-corrected chi connectivity index (χ0v) is 13.2. The summed E-state index contributed by atoms with van der Waals surface area (Å²) >= 11 is 5.91. The van der Waals surface area contributed by atoms with E-state index in [-0.39, 0.29) is 5.75 Å². The quantitative estimate of drug-likeness (QED) is 0.858. The number of pyridine rings is 1. The molecule has 0 unspecified atom stereocenters. The lowest BCUT2D eigenvalue weighted by Gasteiger charge is -2.33. The van der Waals surface area contributed by atoms with Gasteiger partial charge in [0.25, 0.3) is 0 Å². The number of aromatic nitrogens is 1. The van der Waals surface area contributed by atoms with Crippen molar-refractivity contribution in [2.75, 3.05) is 13.2 Å². The fourth-order valence-corrected chi connectivity index (χ4v) is 2.49. The molecule has 2 heterocycles. The third-order valence-electron chi connectivity index (χ3n) is 3.59. The van der Waals surface area contributed by atoms with Gasteiger partial charge in [0.15, 0.2) is 5.60 Å². The van der Waals surface area contributed by atoms with Crippen molar-refractivity contribution in [1.82, 2.24) is 4.98 Å². The summed E-state index contributed by atoms with van der Waals surface area (Å²) in [4.78, 5) is 3.93. The summed E-state index contributed by atoms with van der Waals surface area (Å²) < 4.78 is 11.6. The van der Waals surface area contributed by atoms with E-state index in [0.717, 1.165) is 5.75 Å². The first kappa shape index (κ1) is 15.7. The largest absolute Gasteiger partial charge is 0.506 e. The van der Waals surface area contributed by atoms with E-state index in [1.807, 2.05) is 12.1 Å². The van der Waals surface area contributed by atoms with Gasteiger partial charge >= 0.3 is 0 Å². The monoisotopic (exact) mass is 329 g/mol. The predicted molar refractivity (Wildman–Crippen MR) is 87.6 cm³/mol. The third kappa shape index (κ3) is 4.16. The van der Waals surface area contributed by atoms with Crippen LogP contribution in [0.15, 0.2) is 42.7 Å². The first-order valence-electron chi connectivity index (χ1n) is 7.35.